The molecule has 1 aliphatic rings. The van der Waals surface area contributed by atoms with E-state index in [0.29, 0.717) is 30.5 Å². The first-order chi connectivity index (χ1) is 20.1. The molecule has 0 aliphatic carbocycles. The Balaban J connectivity index is 0.00000423. The number of pyridine rings is 1. The number of hydrogen-bond acceptors (Lipinski definition) is 6. The number of aryl methyl sites for hydroxylation is 2. The Hall–Kier alpha value is -4.70. The highest BCUT2D eigenvalue weighted by Gasteiger charge is 2.41. The predicted octanol–water partition coefficient (Wildman–Crippen LogP) is 1.57. The van der Waals surface area contributed by atoms with Gasteiger partial charge in [-0.2, -0.15) is 18.4 Å². The zero-order valence-corrected chi connectivity index (χ0v) is 24.7. The number of H-pyrrole nitrogens is 1. The molecule has 4 aromatic rings. The Labute approximate surface area is 255 Å². The average Bonchev–Trinajstić information content (AvgIpc) is 3.36. The lowest BCUT2D eigenvalue weighted by atomic mass is 9.88. The SMILES string of the molecule is COC(=O)C1=C(C)N(c2cccc(C(F)(F)F)c2)c2n[nH]c(=O)n2[C@@H]1c1ccc(C#N)cc1CCC[n+]1ccccc1.[Br-]. The number of benzene rings is 2. The lowest BCUT2D eigenvalue weighted by Gasteiger charge is -2.36. The number of fused-ring (bicyclic) bond motifs is 1. The zero-order chi connectivity index (χ0) is 30.0. The summed E-state index contributed by atoms with van der Waals surface area (Å²) in [5, 5.41) is 16.1. The van der Waals surface area contributed by atoms with Crippen molar-refractivity contribution >= 4 is 17.6 Å². The molecule has 0 amide bonds. The number of nitrogens with one attached hydrogen (secondary N) is 1. The number of anilines is 2. The Bertz CT molecular complexity index is 1780. The number of alkyl halides is 3. The Morgan fingerprint density at radius 2 is 1.88 bits per heavy atom. The Morgan fingerprint density at radius 3 is 2.56 bits per heavy atom. The van der Waals surface area contributed by atoms with Crippen LogP contribution in [0.25, 0.3) is 0 Å². The summed E-state index contributed by atoms with van der Waals surface area (Å²) in [5.74, 6) is -0.756. The van der Waals surface area contributed by atoms with Gasteiger partial charge in [0.1, 0.15) is 12.6 Å². The number of aromatic amines is 1. The first-order valence-corrected chi connectivity index (χ1v) is 13.0. The molecule has 2 aromatic carbocycles. The van der Waals surface area contributed by atoms with Crippen molar-refractivity contribution in [3.63, 3.8) is 0 Å². The number of ether oxygens (including phenoxy) is 1. The normalized spacial score (nSPS) is 14.5. The van der Waals surface area contributed by atoms with Gasteiger partial charge in [0.25, 0.3) is 0 Å². The molecule has 0 saturated carbocycles. The molecule has 1 N–H and O–H groups in total. The largest absolute Gasteiger partial charge is 1.00 e. The number of rotatable bonds is 7. The average molecular weight is 655 g/mol. The van der Waals surface area contributed by atoms with E-state index >= 15 is 0 Å². The van der Waals surface area contributed by atoms with Crippen molar-refractivity contribution in [2.45, 2.75) is 38.5 Å². The predicted molar refractivity (Wildman–Crippen MR) is 145 cm³/mol. The second-order valence-electron chi connectivity index (χ2n) is 9.72. The fraction of sp³-hybridized carbons (Fsp3) is 0.233. The van der Waals surface area contributed by atoms with Crippen LogP contribution in [-0.2, 0) is 28.7 Å². The summed E-state index contributed by atoms with van der Waals surface area (Å²) >= 11 is 0. The van der Waals surface area contributed by atoms with E-state index in [1.54, 1.807) is 25.1 Å². The van der Waals surface area contributed by atoms with Gasteiger partial charge in [0.15, 0.2) is 12.4 Å². The fourth-order valence-corrected chi connectivity index (χ4v) is 5.27. The van der Waals surface area contributed by atoms with Gasteiger partial charge in [-0.15, -0.1) is 5.10 Å². The number of nitrogens with zero attached hydrogens (tertiary/aromatic N) is 5. The van der Waals surface area contributed by atoms with Gasteiger partial charge in [0.2, 0.25) is 5.95 Å². The van der Waals surface area contributed by atoms with Crippen LogP contribution in [0.2, 0.25) is 0 Å². The molecule has 2 aromatic heterocycles. The summed E-state index contributed by atoms with van der Waals surface area (Å²) in [6.07, 6.45) is 0.459. The summed E-state index contributed by atoms with van der Waals surface area (Å²) in [5.41, 5.74) is 0.490. The number of carbonyl (C=O) groups excluding carboxylic acids is 1. The molecule has 0 spiro atoms. The van der Waals surface area contributed by atoms with Crippen molar-refractivity contribution in [2.24, 2.45) is 0 Å². The van der Waals surface area contributed by atoms with Crippen LogP contribution in [0.1, 0.15) is 41.6 Å². The molecule has 0 bridgehead atoms. The molecule has 43 heavy (non-hydrogen) atoms. The second kappa shape index (κ2) is 12.7. The van der Waals surface area contributed by atoms with E-state index < -0.39 is 29.4 Å². The van der Waals surface area contributed by atoms with E-state index in [1.165, 1.54) is 28.7 Å². The topological polar surface area (TPSA) is 108 Å². The first kappa shape index (κ1) is 31.2. The molecular weight excluding hydrogens is 629 g/mol. The molecule has 9 nitrogen and oxygen atoms in total. The summed E-state index contributed by atoms with van der Waals surface area (Å²) in [7, 11) is 1.19. The molecule has 5 rings (SSSR count). The van der Waals surface area contributed by atoms with Gasteiger partial charge in [0, 0.05) is 29.9 Å². The monoisotopic (exact) mass is 654 g/mol. The number of methoxy groups -OCH3 is 1. The van der Waals surface area contributed by atoms with E-state index in [1.807, 2.05) is 35.2 Å². The van der Waals surface area contributed by atoms with E-state index in [0.717, 1.165) is 17.7 Å². The third-order valence-electron chi connectivity index (χ3n) is 7.19. The fourth-order valence-electron chi connectivity index (χ4n) is 5.27. The first-order valence-electron chi connectivity index (χ1n) is 13.0. The number of aromatic nitrogens is 4. The lowest BCUT2D eigenvalue weighted by Crippen LogP contribution is -3.00. The highest BCUT2D eigenvalue weighted by molar-refractivity contribution is 5.93. The van der Waals surface area contributed by atoms with Crippen LogP contribution < -0.4 is 32.1 Å². The van der Waals surface area contributed by atoms with Crippen molar-refractivity contribution in [1.82, 2.24) is 14.8 Å². The molecule has 1 aliphatic heterocycles. The van der Waals surface area contributed by atoms with Crippen molar-refractivity contribution in [3.05, 3.63) is 117 Å². The second-order valence-corrected chi connectivity index (χ2v) is 9.72. The van der Waals surface area contributed by atoms with Crippen LogP contribution in [0.3, 0.4) is 0 Å². The highest BCUT2D eigenvalue weighted by atomic mass is 79.9. The van der Waals surface area contributed by atoms with Crippen molar-refractivity contribution in [1.29, 1.82) is 5.26 Å². The van der Waals surface area contributed by atoms with Crippen molar-refractivity contribution < 1.29 is 44.3 Å². The minimum absolute atomic E-state index is 0. The summed E-state index contributed by atoms with van der Waals surface area (Å²) in [6.45, 7) is 2.25. The summed E-state index contributed by atoms with van der Waals surface area (Å²) in [4.78, 5) is 27.9. The van der Waals surface area contributed by atoms with Gasteiger partial charge in [-0.05, 0) is 54.8 Å². The summed E-state index contributed by atoms with van der Waals surface area (Å²) < 4.78 is 49.1. The third kappa shape index (κ3) is 6.10. The number of carbonyl (C=O) groups is 1. The van der Waals surface area contributed by atoms with Crippen LogP contribution in [0.5, 0.6) is 0 Å². The number of allylic oxidation sites excluding steroid dienone is 1. The Kier molecular flexibility index (Phi) is 9.20. The van der Waals surface area contributed by atoms with Gasteiger partial charge < -0.3 is 21.7 Å². The molecule has 0 unspecified atom stereocenters. The molecule has 13 heteroatoms. The minimum Gasteiger partial charge on any atom is -1.00 e. The maximum absolute atomic E-state index is 13.6. The van der Waals surface area contributed by atoms with E-state index in [-0.39, 0.29) is 39.9 Å². The number of hydrogen-bond donors (Lipinski definition) is 1. The maximum Gasteiger partial charge on any atom is 0.416 e. The van der Waals surface area contributed by atoms with Gasteiger partial charge in [-0.3, -0.25) is 4.90 Å². The van der Waals surface area contributed by atoms with Gasteiger partial charge in [-0.1, -0.05) is 18.2 Å². The standard InChI is InChI=1S/C30H25F3N6O3.BrH/c1-19-25(27(40)42-2)26(24-12-11-20(18-34)16-21(24)8-7-15-37-13-4-3-5-14-37)39-28(35-36-29(39)41)38(19)23-10-6-9-22(17-23)30(31,32)33;/h3-6,9-14,16-17,26H,7-8,15H2,1-2H3;1H/t26-;/m1./s1. The van der Waals surface area contributed by atoms with Gasteiger partial charge >= 0.3 is 17.8 Å². The number of halogens is 4. The third-order valence-corrected chi connectivity index (χ3v) is 7.19. The zero-order valence-electron chi connectivity index (χ0n) is 23.1. The number of nitriles is 1. The van der Waals surface area contributed by atoms with E-state index in [4.69, 9.17) is 4.74 Å². The quantitative estimate of drug-likeness (QED) is 0.240. The molecule has 222 valence electrons. The van der Waals surface area contributed by atoms with E-state index in [2.05, 4.69) is 16.3 Å². The smallest absolute Gasteiger partial charge is 0.416 e. The van der Waals surface area contributed by atoms with Crippen molar-refractivity contribution in [2.75, 3.05) is 12.0 Å². The van der Waals surface area contributed by atoms with Crippen LogP contribution >= 0.6 is 0 Å². The van der Waals surface area contributed by atoms with Crippen LogP contribution in [0, 0.1) is 11.3 Å². The molecule has 3 heterocycles. The molecule has 0 fully saturated rings. The molecule has 0 radical (unpaired) electrons. The summed E-state index contributed by atoms with van der Waals surface area (Å²) in [6, 6.07) is 16.4. The highest BCUT2D eigenvalue weighted by Crippen LogP contribution is 2.43. The van der Waals surface area contributed by atoms with Gasteiger partial charge in [-0.25, -0.2) is 23.8 Å². The molecule has 1 atom stereocenters. The van der Waals surface area contributed by atoms with Crippen LogP contribution in [0.15, 0.2) is 89.1 Å². The van der Waals surface area contributed by atoms with Crippen LogP contribution in [0.4, 0.5) is 24.8 Å². The maximum atomic E-state index is 13.6. The van der Waals surface area contributed by atoms with Gasteiger partial charge in [0.05, 0.1) is 29.9 Å². The number of esters is 1. The van der Waals surface area contributed by atoms with Crippen molar-refractivity contribution in [3.8, 4) is 6.07 Å². The van der Waals surface area contributed by atoms with Crippen LogP contribution in [-0.4, -0.2) is 27.8 Å². The minimum atomic E-state index is -4.61. The van der Waals surface area contributed by atoms with E-state index in [9.17, 15) is 28.0 Å². The molecule has 0 saturated heterocycles. The lowest BCUT2D eigenvalue weighted by molar-refractivity contribution is -0.697. The Morgan fingerprint density at radius 1 is 1.14 bits per heavy atom. The molecular formula is C30H26BrF3N6O3.